The van der Waals surface area contributed by atoms with E-state index in [1.165, 1.54) is 54.7 Å². The second-order valence-electron chi connectivity index (χ2n) is 13.3. The molecule has 0 unspecified atom stereocenters. The van der Waals surface area contributed by atoms with Crippen LogP contribution in [0.1, 0.15) is 99.5 Å². The second-order valence-corrected chi connectivity index (χ2v) is 13.3. The molecule has 2 heterocycles. The summed E-state index contributed by atoms with van der Waals surface area (Å²) in [6.45, 7) is 11.3. The average Bonchev–Trinajstić information content (AvgIpc) is 3.76. The Balaban J connectivity index is 0.000000267. The molecule has 0 atom stereocenters. The number of hydrogen-bond donors (Lipinski definition) is 6. The fraction of sp³-hybridized carbons (Fsp3) is 0.133. The van der Waals surface area contributed by atoms with Crippen LogP contribution in [0.2, 0.25) is 0 Å². The topological polar surface area (TPSA) is 225 Å². The lowest BCUT2D eigenvalue weighted by Crippen LogP contribution is -2.19. The molecule has 18 heteroatoms. The van der Waals surface area contributed by atoms with E-state index < -0.39 is 58.5 Å². The molecular weight excluding hydrogens is 826 g/mol. The molecule has 0 saturated heterocycles. The Morgan fingerprint density at radius 1 is 0.524 bits per heavy atom. The summed E-state index contributed by atoms with van der Waals surface area (Å²) in [6, 6.07) is 20.8. The third kappa shape index (κ3) is 11.3. The van der Waals surface area contributed by atoms with E-state index in [1.54, 1.807) is 23.0 Å². The molecule has 0 saturated carbocycles. The summed E-state index contributed by atoms with van der Waals surface area (Å²) in [4.78, 5) is 59.0. The van der Waals surface area contributed by atoms with Crippen LogP contribution in [0.15, 0.2) is 101 Å². The van der Waals surface area contributed by atoms with Gasteiger partial charge in [0, 0.05) is 39.5 Å². The van der Waals surface area contributed by atoms with E-state index in [1.807, 2.05) is 52.0 Å². The van der Waals surface area contributed by atoms with Crippen molar-refractivity contribution in [2.24, 2.45) is 10.2 Å². The summed E-state index contributed by atoms with van der Waals surface area (Å²) in [5.74, 6) is -9.09. The number of nitrogens with zero attached hydrogens (tertiary/aromatic N) is 4. The van der Waals surface area contributed by atoms with Crippen molar-refractivity contribution < 1.29 is 57.6 Å². The van der Waals surface area contributed by atoms with Gasteiger partial charge >= 0.3 is 17.9 Å². The number of hydrazone groups is 2. The van der Waals surface area contributed by atoms with E-state index in [9.17, 15) is 52.5 Å². The Bertz CT molecular complexity index is 2730. The third-order valence-electron chi connectivity index (χ3n) is 9.01. The number of aromatic carboxylic acids is 3. The van der Waals surface area contributed by atoms with Crippen LogP contribution in [0.5, 0.6) is 5.75 Å². The molecule has 15 nitrogen and oxygen atoms in total. The predicted molar refractivity (Wildman–Crippen MR) is 227 cm³/mol. The van der Waals surface area contributed by atoms with Crippen LogP contribution >= 0.6 is 0 Å². The Labute approximate surface area is 358 Å². The zero-order valence-electron chi connectivity index (χ0n) is 34.6. The number of nitrogens with one attached hydrogen (secondary N) is 2. The van der Waals surface area contributed by atoms with Crippen LogP contribution in [-0.4, -0.2) is 71.7 Å². The van der Waals surface area contributed by atoms with E-state index in [0.717, 1.165) is 47.2 Å². The van der Waals surface area contributed by atoms with Gasteiger partial charge in [-0.3, -0.25) is 9.59 Å². The van der Waals surface area contributed by atoms with Gasteiger partial charge in [-0.1, -0.05) is 13.8 Å². The molecule has 6 N–H and O–H groups in total. The molecule has 63 heavy (non-hydrogen) atoms. The number of benzene rings is 4. The number of carboxylic acids is 3. The van der Waals surface area contributed by atoms with Crippen LogP contribution in [0, 0.1) is 45.1 Å². The number of rotatable bonds is 11. The summed E-state index contributed by atoms with van der Waals surface area (Å²) >= 11 is 0. The number of aryl methyl sites for hydroxylation is 4. The van der Waals surface area contributed by atoms with Gasteiger partial charge in [0.15, 0.2) is 11.6 Å². The van der Waals surface area contributed by atoms with Gasteiger partial charge < -0.3 is 29.6 Å². The number of carbonyl (C=O) groups excluding carboxylic acids is 2. The fourth-order valence-corrected chi connectivity index (χ4v) is 6.11. The van der Waals surface area contributed by atoms with Crippen molar-refractivity contribution in [1.29, 1.82) is 0 Å². The number of halogens is 3. The van der Waals surface area contributed by atoms with Gasteiger partial charge in [-0.05, 0) is 124 Å². The average molecular weight is 867 g/mol. The molecule has 2 aromatic heterocycles. The number of phenolic OH excluding ortho intramolecular Hbond substituents is 1. The second kappa shape index (κ2) is 20.8. The van der Waals surface area contributed by atoms with Gasteiger partial charge in [0.1, 0.15) is 17.2 Å². The fourth-order valence-electron chi connectivity index (χ4n) is 6.11. The van der Waals surface area contributed by atoms with E-state index in [2.05, 4.69) is 21.1 Å². The van der Waals surface area contributed by atoms with Gasteiger partial charge in [-0.2, -0.15) is 10.2 Å². The van der Waals surface area contributed by atoms with Crippen molar-refractivity contribution in [3.05, 3.63) is 170 Å². The van der Waals surface area contributed by atoms with Crippen LogP contribution in [0.4, 0.5) is 13.2 Å². The minimum atomic E-state index is -1.74. The highest BCUT2D eigenvalue weighted by molar-refractivity contribution is 6.00. The van der Waals surface area contributed by atoms with E-state index in [4.69, 9.17) is 5.11 Å². The summed E-state index contributed by atoms with van der Waals surface area (Å²) in [6.07, 6.45) is 2.18. The van der Waals surface area contributed by atoms with Crippen LogP contribution in [0.3, 0.4) is 0 Å². The lowest BCUT2D eigenvalue weighted by atomic mass is 10.1. The van der Waals surface area contributed by atoms with Gasteiger partial charge in [-0.25, -0.2) is 38.4 Å². The van der Waals surface area contributed by atoms with Crippen molar-refractivity contribution in [1.82, 2.24) is 20.0 Å². The van der Waals surface area contributed by atoms with Crippen LogP contribution in [-0.2, 0) is 0 Å². The summed E-state index contributed by atoms with van der Waals surface area (Å²) in [5, 5.41) is 44.4. The first-order chi connectivity index (χ1) is 29.9. The molecule has 6 aromatic rings. The smallest absolute Gasteiger partial charge is 0.341 e. The molecule has 0 aliphatic rings. The lowest BCUT2D eigenvalue weighted by Gasteiger charge is -2.14. The molecular formula is C45H41F3N6O9. The number of phenols is 1. The highest BCUT2D eigenvalue weighted by Gasteiger charge is 2.20. The van der Waals surface area contributed by atoms with E-state index >= 15 is 0 Å². The maximum absolute atomic E-state index is 13.7. The molecule has 0 spiro atoms. The number of carboxylic acid groups (broad SMARTS) is 3. The molecule has 2 amide bonds. The molecule has 0 radical (unpaired) electrons. The number of amides is 2. The molecule has 6 rings (SSSR count). The van der Waals surface area contributed by atoms with Crippen molar-refractivity contribution in [2.45, 2.75) is 41.5 Å². The van der Waals surface area contributed by atoms with Gasteiger partial charge in [0.25, 0.3) is 11.8 Å². The van der Waals surface area contributed by atoms with Crippen LogP contribution < -0.4 is 10.9 Å². The summed E-state index contributed by atoms with van der Waals surface area (Å²) in [7, 11) is 0. The third-order valence-corrected chi connectivity index (χ3v) is 9.01. The van der Waals surface area contributed by atoms with Crippen molar-refractivity contribution in [3.8, 4) is 17.1 Å². The quantitative estimate of drug-likeness (QED) is 0.0548. The standard InChI is InChI=1S/C22H17F2N3O5.C21H18FN3O4.C2H6/c1-11-3-4-12(2)27(11)18-9-14(5-6-15(18)21(29)30)20(28)26-25-10-13-7-16(23)19(22(31)32)17(24)8-13;1-12-3-4-13(2)25(12)18-10-15(6-7-16(18)21(28)29)20(27)24-23-11-14-5-8-19(26)17(22)9-14;1-2/h3-10H,1-2H3,(H,26,28)(H,29,30)(H,31,32);3-11,26H,1-2H3,(H,24,27)(H,28,29);1-2H3/b25-10+;23-11+;. The summed E-state index contributed by atoms with van der Waals surface area (Å²) < 4.78 is 44.3. The number of aromatic nitrogens is 2. The van der Waals surface area contributed by atoms with Crippen molar-refractivity contribution in [2.75, 3.05) is 0 Å². The molecule has 326 valence electrons. The van der Waals surface area contributed by atoms with Gasteiger partial charge in [-0.15, -0.1) is 0 Å². The first kappa shape index (κ1) is 47.4. The first-order valence-corrected chi connectivity index (χ1v) is 18.8. The Hall–Kier alpha value is -8.28. The zero-order valence-corrected chi connectivity index (χ0v) is 34.6. The van der Waals surface area contributed by atoms with E-state index in [0.29, 0.717) is 16.9 Å². The highest BCUT2D eigenvalue weighted by atomic mass is 19.1. The Kier molecular flexibility index (Phi) is 15.7. The molecule has 0 bridgehead atoms. The Morgan fingerprint density at radius 2 is 0.905 bits per heavy atom. The number of aromatic hydroxyl groups is 1. The SMILES string of the molecule is CC.Cc1ccc(C)n1-c1cc(C(=O)N/N=C/c2cc(F)c(C(=O)O)c(F)c2)ccc1C(=O)O.Cc1ccc(C)n1-c1cc(C(=O)N/N=C/c2ccc(O)c(F)c2)ccc1C(=O)O. The van der Waals surface area contributed by atoms with Gasteiger partial charge in [0.05, 0.1) is 34.9 Å². The Morgan fingerprint density at radius 3 is 1.27 bits per heavy atom. The zero-order chi connectivity index (χ0) is 46.7. The highest BCUT2D eigenvalue weighted by Crippen LogP contribution is 2.24. The molecule has 4 aromatic carbocycles. The number of carbonyl (C=O) groups is 5. The lowest BCUT2D eigenvalue weighted by molar-refractivity contribution is 0.0678. The van der Waals surface area contributed by atoms with Gasteiger partial charge in [0.2, 0.25) is 0 Å². The largest absolute Gasteiger partial charge is 0.505 e. The van der Waals surface area contributed by atoms with Crippen molar-refractivity contribution >= 4 is 42.2 Å². The molecule has 0 fully saturated rings. The monoisotopic (exact) mass is 866 g/mol. The normalized spacial score (nSPS) is 10.7. The minimum absolute atomic E-state index is 0.00285. The van der Waals surface area contributed by atoms with E-state index in [-0.39, 0.29) is 27.8 Å². The first-order valence-electron chi connectivity index (χ1n) is 18.8. The summed E-state index contributed by atoms with van der Waals surface area (Å²) in [5.41, 5.74) is 7.91. The maximum Gasteiger partial charge on any atom is 0.341 e. The molecule has 0 aliphatic heterocycles. The predicted octanol–water partition coefficient (Wildman–Crippen LogP) is 7.96. The number of hydrogen-bond acceptors (Lipinski definition) is 8. The molecule has 0 aliphatic carbocycles. The van der Waals surface area contributed by atoms with Crippen molar-refractivity contribution in [3.63, 3.8) is 0 Å². The minimum Gasteiger partial charge on any atom is -0.505 e. The maximum atomic E-state index is 13.7. The van der Waals surface area contributed by atoms with Crippen LogP contribution in [0.25, 0.3) is 11.4 Å².